The average molecular weight is 254 g/mol. The van der Waals surface area contributed by atoms with Crippen molar-refractivity contribution in [1.82, 2.24) is 14.7 Å². The van der Waals surface area contributed by atoms with E-state index >= 15 is 0 Å². The van der Waals surface area contributed by atoms with Gasteiger partial charge in [0.2, 0.25) is 0 Å². The molecule has 0 aliphatic heterocycles. The Morgan fingerprint density at radius 2 is 2.36 bits per heavy atom. The van der Waals surface area contributed by atoms with E-state index in [-0.39, 0.29) is 6.04 Å². The molecule has 0 aromatic carbocycles. The van der Waals surface area contributed by atoms with Gasteiger partial charge in [-0.1, -0.05) is 15.9 Å². The molecule has 74 valence electrons. The Balaban J connectivity index is 2.51. The van der Waals surface area contributed by atoms with Crippen molar-refractivity contribution in [1.29, 1.82) is 0 Å². The normalized spacial score (nSPS) is 13.4. The third kappa shape index (κ3) is 1.67. The van der Waals surface area contributed by atoms with Crippen LogP contribution in [0.25, 0.3) is 5.65 Å². The first-order valence-corrected chi connectivity index (χ1v) is 5.31. The van der Waals surface area contributed by atoms with Crippen molar-refractivity contribution >= 4 is 21.6 Å². The van der Waals surface area contributed by atoms with Crippen LogP contribution in [0.15, 0.2) is 29.0 Å². The van der Waals surface area contributed by atoms with Crippen LogP contribution in [0.2, 0.25) is 0 Å². The average Bonchev–Trinajstić information content (AvgIpc) is 2.59. The predicted octanol–water partition coefficient (Wildman–Crippen LogP) is 2.38. The zero-order valence-electron chi connectivity index (χ0n) is 8.16. The highest BCUT2D eigenvalue weighted by atomic mass is 79.9. The summed E-state index contributed by atoms with van der Waals surface area (Å²) in [5, 5.41) is 3.17. The summed E-state index contributed by atoms with van der Waals surface area (Å²) < 4.78 is 3.08. The lowest BCUT2D eigenvalue weighted by Crippen LogP contribution is -2.12. The summed E-state index contributed by atoms with van der Waals surface area (Å²) in [6, 6.07) is 4.29. The fraction of sp³-hybridized carbons (Fsp3) is 0.300. The number of rotatable bonds is 2. The third-order valence-electron chi connectivity index (χ3n) is 2.32. The topological polar surface area (TPSA) is 29.3 Å². The number of hydrogen-bond acceptors (Lipinski definition) is 2. The van der Waals surface area contributed by atoms with Crippen LogP contribution in [-0.2, 0) is 0 Å². The van der Waals surface area contributed by atoms with Gasteiger partial charge < -0.3 is 9.72 Å². The standard InChI is InChI=1S/C10H12BrN3/c1-7(12-2)9-6-14-4-3-8(11)5-10(14)13-9/h3-7,12H,1-2H3. The molecule has 0 saturated heterocycles. The van der Waals surface area contributed by atoms with Crippen molar-refractivity contribution in [3.63, 3.8) is 0 Å². The lowest BCUT2D eigenvalue weighted by molar-refractivity contribution is 0.637. The zero-order valence-corrected chi connectivity index (χ0v) is 9.75. The molecule has 1 N–H and O–H groups in total. The zero-order chi connectivity index (χ0) is 10.1. The molecule has 3 nitrogen and oxygen atoms in total. The molecule has 14 heavy (non-hydrogen) atoms. The van der Waals surface area contributed by atoms with E-state index in [1.807, 2.05) is 36.0 Å². The third-order valence-corrected chi connectivity index (χ3v) is 2.81. The molecule has 0 fully saturated rings. The summed E-state index contributed by atoms with van der Waals surface area (Å²) in [6.07, 6.45) is 4.04. The smallest absolute Gasteiger partial charge is 0.138 e. The maximum absolute atomic E-state index is 4.51. The molecule has 1 unspecified atom stereocenters. The number of imidazole rings is 1. The minimum absolute atomic E-state index is 0.286. The number of fused-ring (bicyclic) bond motifs is 1. The quantitative estimate of drug-likeness (QED) is 0.891. The molecule has 4 heteroatoms. The first-order chi connectivity index (χ1) is 6.70. The Bertz CT molecular complexity index is 450. The van der Waals surface area contributed by atoms with E-state index in [1.165, 1.54) is 0 Å². The Morgan fingerprint density at radius 1 is 1.57 bits per heavy atom. The van der Waals surface area contributed by atoms with Crippen LogP contribution < -0.4 is 5.32 Å². The maximum Gasteiger partial charge on any atom is 0.138 e. The van der Waals surface area contributed by atoms with Crippen LogP contribution in [0, 0.1) is 0 Å². The van der Waals surface area contributed by atoms with Gasteiger partial charge in [0.1, 0.15) is 5.65 Å². The fourth-order valence-corrected chi connectivity index (χ4v) is 1.66. The lowest BCUT2D eigenvalue weighted by Gasteiger charge is -2.03. The number of pyridine rings is 1. The number of halogens is 1. The maximum atomic E-state index is 4.51. The molecule has 2 heterocycles. The van der Waals surface area contributed by atoms with Crippen molar-refractivity contribution in [3.05, 3.63) is 34.7 Å². The van der Waals surface area contributed by atoms with Gasteiger partial charge in [-0.3, -0.25) is 0 Å². The van der Waals surface area contributed by atoms with Crippen molar-refractivity contribution in [2.24, 2.45) is 0 Å². The Kier molecular flexibility index (Phi) is 2.56. The van der Waals surface area contributed by atoms with Crippen molar-refractivity contribution in [2.45, 2.75) is 13.0 Å². The molecule has 2 rings (SSSR count). The van der Waals surface area contributed by atoms with Crippen LogP contribution in [0.4, 0.5) is 0 Å². The monoisotopic (exact) mass is 253 g/mol. The minimum atomic E-state index is 0.286. The van der Waals surface area contributed by atoms with Gasteiger partial charge in [-0.2, -0.15) is 0 Å². The van der Waals surface area contributed by atoms with Crippen molar-refractivity contribution in [2.75, 3.05) is 7.05 Å². The number of hydrogen-bond donors (Lipinski definition) is 1. The van der Waals surface area contributed by atoms with E-state index < -0.39 is 0 Å². The van der Waals surface area contributed by atoms with Gasteiger partial charge in [0.15, 0.2) is 0 Å². The van der Waals surface area contributed by atoms with E-state index in [2.05, 4.69) is 33.2 Å². The van der Waals surface area contributed by atoms with Crippen LogP contribution >= 0.6 is 15.9 Å². The second kappa shape index (κ2) is 3.71. The molecular formula is C10H12BrN3. The fourth-order valence-electron chi connectivity index (χ4n) is 1.33. The molecule has 2 aromatic rings. The molecule has 0 aliphatic rings. The molecule has 0 aliphatic carbocycles. The molecule has 0 amide bonds. The van der Waals surface area contributed by atoms with Gasteiger partial charge in [0, 0.05) is 22.9 Å². The highest BCUT2D eigenvalue weighted by molar-refractivity contribution is 9.10. The van der Waals surface area contributed by atoms with E-state index in [4.69, 9.17) is 0 Å². The molecule has 0 radical (unpaired) electrons. The van der Waals surface area contributed by atoms with E-state index in [1.54, 1.807) is 0 Å². The number of nitrogens with one attached hydrogen (secondary N) is 1. The number of nitrogens with zero attached hydrogens (tertiary/aromatic N) is 2. The second-order valence-electron chi connectivity index (χ2n) is 3.29. The van der Waals surface area contributed by atoms with E-state index in [0.717, 1.165) is 15.8 Å². The molecule has 0 spiro atoms. The summed E-state index contributed by atoms with van der Waals surface area (Å²) in [5.41, 5.74) is 2.03. The summed E-state index contributed by atoms with van der Waals surface area (Å²) in [5.74, 6) is 0. The predicted molar refractivity (Wildman–Crippen MR) is 60.4 cm³/mol. The molecular weight excluding hydrogens is 242 g/mol. The highest BCUT2D eigenvalue weighted by Gasteiger charge is 2.07. The van der Waals surface area contributed by atoms with Gasteiger partial charge in [0.25, 0.3) is 0 Å². The summed E-state index contributed by atoms with van der Waals surface area (Å²) >= 11 is 3.43. The van der Waals surface area contributed by atoms with Gasteiger partial charge in [-0.15, -0.1) is 0 Å². The molecule has 0 bridgehead atoms. The Hall–Kier alpha value is -0.870. The Labute approximate surface area is 91.3 Å². The number of aromatic nitrogens is 2. The Morgan fingerprint density at radius 3 is 3.07 bits per heavy atom. The highest BCUT2D eigenvalue weighted by Crippen LogP contribution is 2.16. The molecule has 0 saturated carbocycles. The SMILES string of the molecule is CNC(C)c1cn2ccc(Br)cc2n1. The minimum Gasteiger partial charge on any atom is -0.312 e. The largest absolute Gasteiger partial charge is 0.312 e. The van der Waals surface area contributed by atoms with Gasteiger partial charge >= 0.3 is 0 Å². The summed E-state index contributed by atoms with van der Waals surface area (Å²) in [7, 11) is 1.94. The van der Waals surface area contributed by atoms with Gasteiger partial charge in [-0.05, 0) is 26.1 Å². The van der Waals surface area contributed by atoms with Crippen molar-refractivity contribution < 1.29 is 0 Å². The first-order valence-electron chi connectivity index (χ1n) is 4.52. The van der Waals surface area contributed by atoms with Crippen LogP contribution in [0.1, 0.15) is 18.7 Å². The van der Waals surface area contributed by atoms with E-state index in [0.29, 0.717) is 0 Å². The second-order valence-corrected chi connectivity index (χ2v) is 4.20. The molecule has 1 atom stereocenters. The van der Waals surface area contributed by atoms with Crippen LogP contribution in [-0.4, -0.2) is 16.4 Å². The van der Waals surface area contributed by atoms with E-state index in [9.17, 15) is 0 Å². The summed E-state index contributed by atoms with van der Waals surface area (Å²) in [6.45, 7) is 2.09. The van der Waals surface area contributed by atoms with Crippen LogP contribution in [0.5, 0.6) is 0 Å². The first kappa shape index (κ1) is 9.68. The lowest BCUT2D eigenvalue weighted by atomic mass is 10.3. The van der Waals surface area contributed by atoms with Crippen molar-refractivity contribution in [3.8, 4) is 0 Å². The van der Waals surface area contributed by atoms with Gasteiger partial charge in [-0.25, -0.2) is 4.98 Å². The van der Waals surface area contributed by atoms with Crippen LogP contribution in [0.3, 0.4) is 0 Å². The summed E-state index contributed by atoms with van der Waals surface area (Å²) in [4.78, 5) is 4.51. The van der Waals surface area contributed by atoms with Gasteiger partial charge in [0.05, 0.1) is 5.69 Å². The molecule has 2 aromatic heterocycles.